The molecule has 5 heteroatoms. The Morgan fingerprint density at radius 1 is 1.04 bits per heavy atom. The Bertz CT molecular complexity index is 1040. The molecule has 148 valence electrons. The third kappa shape index (κ3) is 4.00. The molecule has 0 bridgehead atoms. The van der Waals surface area contributed by atoms with E-state index in [1.807, 2.05) is 24.3 Å². The van der Waals surface area contributed by atoms with Gasteiger partial charge in [0.1, 0.15) is 0 Å². The van der Waals surface area contributed by atoms with Crippen LogP contribution in [0.3, 0.4) is 0 Å². The fourth-order valence-electron chi connectivity index (χ4n) is 4.01. The van der Waals surface area contributed by atoms with Crippen LogP contribution in [0.1, 0.15) is 61.8 Å². The summed E-state index contributed by atoms with van der Waals surface area (Å²) >= 11 is 0. The summed E-state index contributed by atoms with van der Waals surface area (Å²) in [6.45, 7) is 1.79. The van der Waals surface area contributed by atoms with Crippen molar-refractivity contribution in [3.05, 3.63) is 69.6 Å². The molecule has 0 aliphatic heterocycles. The van der Waals surface area contributed by atoms with Crippen molar-refractivity contribution in [2.45, 2.75) is 62.0 Å². The molecular weight excluding hydrogens is 370 g/mol. The smallest absolute Gasteiger partial charge is 0.251 e. The number of rotatable bonds is 6. The first kappa shape index (κ1) is 19.2. The van der Waals surface area contributed by atoms with Gasteiger partial charge >= 0.3 is 0 Å². The van der Waals surface area contributed by atoms with Gasteiger partial charge in [0.2, 0.25) is 0 Å². The molecule has 1 aromatic heterocycles. The van der Waals surface area contributed by atoms with Crippen molar-refractivity contribution in [2.24, 2.45) is 5.92 Å². The fourth-order valence-corrected chi connectivity index (χ4v) is 5.67. The first-order valence-electron chi connectivity index (χ1n) is 10.2. The molecule has 1 heterocycles. The number of hydrogen-bond donors (Lipinski definition) is 1. The van der Waals surface area contributed by atoms with E-state index in [0.29, 0.717) is 16.4 Å². The lowest BCUT2D eigenvalue weighted by atomic mass is 9.96. The minimum atomic E-state index is -3.19. The maximum Gasteiger partial charge on any atom is 0.251 e. The van der Waals surface area contributed by atoms with E-state index in [1.165, 1.54) is 25.7 Å². The van der Waals surface area contributed by atoms with Crippen molar-refractivity contribution in [3.8, 4) is 0 Å². The molecule has 4 nitrogen and oxygen atoms in total. The molecule has 2 aliphatic rings. The average molecular weight is 398 g/mol. The molecule has 1 aromatic carbocycles. The first-order valence-corrected chi connectivity index (χ1v) is 11.7. The number of nitrogens with one attached hydrogen (secondary N) is 1. The second-order valence-electron chi connectivity index (χ2n) is 8.16. The van der Waals surface area contributed by atoms with E-state index in [9.17, 15) is 13.2 Å². The van der Waals surface area contributed by atoms with Crippen LogP contribution in [0.2, 0.25) is 0 Å². The van der Waals surface area contributed by atoms with E-state index < -0.39 is 9.84 Å². The van der Waals surface area contributed by atoms with E-state index in [-0.39, 0.29) is 10.8 Å². The van der Waals surface area contributed by atoms with Crippen LogP contribution < -0.4 is 5.56 Å². The summed E-state index contributed by atoms with van der Waals surface area (Å²) < 4.78 is 24.9. The zero-order valence-electron chi connectivity index (χ0n) is 16.3. The van der Waals surface area contributed by atoms with Gasteiger partial charge in [0.05, 0.1) is 10.1 Å². The average Bonchev–Trinajstić information content (AvgIpc) is 3.43. The SMILES string of the molecule is Cc1ccc(/C(=C/CC2CCCC2)c2ccc(S(=O)(=O)C3CC3)cc2)[nH]c1=O. The number of benzene rings is 1. The predicted octanol–water partition coefficient (Wildman–Crippen LogP) is 4.63. The Labute approximate surface area is 166 Å². The Morgan fingerprint density at radius 3 is 2.32 bits per heavy atom. The van der Waals surface area contributed by atoms with Gasteiger partial charge in [-0.2, -0.15) is 0 Å². The van der Waals surface area contributed by atoms with Gasteiger partial charge < -0.3 is 4.98 Å². The van der Waals surface area contributed by atoms with E-state index in [1.54, 1.807) is 19.1 Å². The molecule has 1 N–H and O–H groups in total. The quantitative estimate of drug-likeness (QED) is 0.773. The third-order valence-electron chi connectivity index (χ3n) is 5.98. The highest BCUT2D eigenvalue weighted by Gasteiger charge is 2.36. The molecule has 0 saturated heterocycles. The summed E-state index contributed by atoms with van der Waals surface area (Å²) in [7, 11) is -3.19. The molecule has 0 unspecified atom stereocenters. The Balaban J connectivity index is 1.68. The van der Waals surface area contributed by atoms with Gasteiger partial charge in [0, 0.05) is 16.8 Å². The summed E-state index contributed by atoms with van der Waals surface area (Å²) in [5, 5.41) is -0.204. The number of aromatic nitrogens is 1. The van der Waals surface area contributed by atoms with Crippen LogP contribution in [0.25, 0.3) is 5.57 Å². The van der Waals surface area contributed by atoms with Crippen LogP contribution in [0.5, 0.6) is 0 Å². The summed E-state index contributed by atoms with van der Waals surface area (Å²) in [4.78, 5) is 15.5. The minimum Gasteiger partial charge on any atom is -0.322 e. The number of pyridine rings is 1. The van der Waals surface area contributed by atoms with E-state index >= 15 is 0 Å². The Hall–Kier alpha value is -2.14. The summed E-state index contributed by atoms with van der Waals surface area (Å²) in [6.07, 6.45) is 9.82. The summed E-state index contributed by atoms with van der Waals surface area (Å²) in [5.41, 5.74) is 3.29. The van der Waals surface area contributed by atoms with Crippen LogP contribution in [0.4, 0.5) is 0 Å². The van der Waals surface area contributed by atoms with Gasteiger partial charge in [0.15, 0.2) is 9.84 Å². The maximum absolute atomic E-state index is 12.5. The molecule has 2 saturated carbocycles. The van der Waals surface area contributed by atoms with Gasteiger partial charge in [0.25, 0.3) is 5.56 Å². The highest BCUT2D eigenvalue weighted by Crippen LogP contribution is 2.35. The number of sulfone groups is 1. The van der Waals surface area contributed by atoms with Crippen molar-refractivity contribution in [3.63, 3.8) is 0 Å². The van der Waals surface area contributed by atoms with Gasteiger partial charge in [-0.1, -0.05) is 50.0 Å². The van der Waals surface area contributed by atoms with E-state index in [2.05, 4.69) is 11.1 Å². The fraction of sp³-hybridized carbons (Fsp3) is 0.435. The number of hydrogen-bond acceptors (Lipinski definition) is 3. The van der Waals surface area contributed by atoms with E-state index in [0.717, 1.165) is 36.1 Å². The van der Waals surface area contributed by atoms with E-state index in [4.69, 9.17) is 0 Å². The van der Waals surface area contributed by atoms with Gasteiger partial charge in [-0.15, -0.1) is 0 Å². The monoisotopic (exact) mass is 397 g/mol. The van der Waals surface area contributed by atoms with Crippen molar-refractivity contribution in [2.75, 3.05) is 0 Å². The molecule has 0 atom stereocenters. The zero-order valence-corrected chi connectivity index (χ0v) is 17.1. The third-order valence-corrected chi connectivity index (χ3v) is 8.26. The summed E-state index contributed by atoms with van der Waals surface area (Å²) in [5.74, 6) is 0.696. The lowest BCUT2D eigenvalue weighted by molar-refractivity contribution is 0.558. The molecule has 0 radical (unpaired) electrons. The van der Waals surface area contributed by atoms with Crippen molar-refractivity contribution in [1.29, 1.82) is 0 Å². The van der Waals surface area contributed by atoms with Crippen LogP contribution in [-0.2, 0) is 9.84 Å². The normalized spacial score (nSPS) is 18.5. The Morgan fingerprint density at radius 2 is 1.71 bits per heavy atom. The molecule has 2 aromatic rings. The zero-order chi connectivity index (χ0) is 19.7. The molecule has 28 heavy (non-hydrogen) atoms. The minimum absolute atomic E-state index is 0.0859. The second kappa shape index (κ2) is 7.70. The van der Waals surface area contributed by atoms with Crippen LogP contribution >= 0.6 is 0 Å². The molecule has 0 spiro atoms. The van der Waals surface area contributed by atoms with Crippen molar-refractivity contribution < 1.29 is 8.42 Å². The first-order chi connectivity index (χ1) is 13.4. The number of H-pyrrole nitrogens is 1. The topological polar surface area (TPSA) is 67.0 Å². The van der Waals surface area contributed by atoms with Gasteiger partial charge in [-0.05, 0) is 55.9 Å². The number of aromatic amines is 1. The predicted molar refractivity (Wildman–Crippen MR) is 112 cm³/mol. The molecule has 4 rings (SSSR count). The largest absolute Gasteiger partial charge is 0.322 e. The highest BCUT2D eigenvalue weighted by molar-refractivity contribution is 7.92. The molecular formula is C23H27NO3S. The van der Waals surface area contributed by atoms with Crippen LogP contribution in [0.15, 0.2) is 52.2 Å². The lowest BCUT2D eigenvalue weighted by Crippen LogP contribution is -2.11. The number of aryl methyl sites for hydroxylation is 1. The van der Waals surface area contributed by atoms with Crippen molar-refractivity contribution in [1.82, 2.24) is 4.98 Å². The number of allylic oxidation sites excluding steroid dienone is 1. The highest BCUT2D eigenvalue weighted by atomic mass is 32.2. The van der Waals surface area contributed by atoms with Gasteiger partial charge in [-0.25, -0.2) is 8.42 Å². The second-order valence-corrected chi connectivity index (χ2v) is 10.4. The van der Waals surface area contributed by atoms with Crippen molar-refractivity contribution >= 4 is 15.4 Å². The lowest BCUT2D eigenvalue weighted by Gasteiger charge is -2.12. The molecule has 0 amide bonds. The maximum atomic E-state index is 12.5. The molecule has 2 fully saturated rings. The Kier molecular flexibility index (Phi) is 5.28. The van der Waals surface area contributed by atoms with Crippen LogP contribution in [-0.4, -0.2) is 18.7 Å². The van der Waals surface area contributed by atoms with Crippen LogP contribution in [0, 0.1) is 12.8 Å². The van der Waals surface area contributed by atoms with Gasteiger partial charge in [-0.3, -0.25) is 4.79 Å². The summed E-state index contributed by atoms with van der Waals surface area (Å²) in [6, 6.07) is 10.9. The molecule has 2 aliphatic carbocycles. The standard InChI is InChI=1S/C23H27NO3S/c1-16-6-15-22(24-23(16)25)21(14-7-17-4-2-3-5-17)18-8-10-19(11-9-18)28(26,27)20-12-13-20/h6,8-11,14-15,17,20H,2-5,7,12-13H2,1H3,(H,24,25)/b21-14+.